The first-order valence-corrected chi connectivity index (χ1v) is 8.12. The molecule has 0 heterocycles. The summed E-state index contributed by atoms with van der Waals surface area (Å²) in [6.45, 7) is 5.52. The number of hydrogen-bond acceptors (Lipinski definition) is 2. The molecule has 116 valence electrons. The highest BCUT2D eigenvalue weighted by atomic mass is 16.5. The van der Waals surface area contributed by atoms with E-state index in [2.05, 4.69) is 61.6 Å². The molecule has 0 aromatic heterocycles. The highest BCUT2D eigenvalue weighted by Crippen LogP contribution is 2.48. The van der Waals surface area contributed by atoms with Crippen molar-refractivity contribution in [2.24, 2.45) is 5.92 Å². The monoisotopic (exact) mass is 295 g/mol. The van der Waals surface area contributed by atoms with E-state index < -0.39 is 0 Å². The van der Waals surface area contributed by atoms with E-state index in [1.807, 2.05) is 6.07 Å². The molecule has 1 N–H and O–H groups in total. The molecule has 0 radical (unpaired) electrons. The quantitative estimate of drug-likeness (QED) is 0.849. The van der Waals surface area contributed by atoms with E-state index in [0.717, 1.165) is 24.1 Å². The summed E-state index contributed by atoms with van der Waals surface area (Å²) in [4.78, 5) is 0. The second kappa shape index (κ2) is 6.53. The Balaban J connectivity index is 1.54. The van der Waals surface area contributed by atoms with Crippen LogP contribution in [0.25, 0.3) is 0 Å². The summed E-state index contributed by atoms with van der Waals surface area (Å²) in [5.74, 6) is 2.44. The maximum absolute atomic E-state index is 5.30. The average molecular weight is 295 g/mol. The molecule has 22 heavy (non-hydrogen) atoms. The van der Waals surface area contributed by atoms with E-state index in [0.29, 0.717) is 6.04 Å². The molecule has 0 amide bonds. The minimum Gasteiger partial charge on any atom is -0.497 e. The Bertz CT molecular complexity index is 637. The molecule has 2 heteroatoms. The minimum atomic E-state index is 0.355. The molecule has 0 spiro atoms. The fourth-order valence-electron chi connectivity index (χ4n) is 3.21. The van der Waals surface area contributed by atoms with Crippen molar-refractivity contribution in [2.75, 3.05) is 13.7 Å². The zero-order chi connectivity index (χ0) is 15.5. The minimum absolute atomic E-state index is 0.355. The van der Waals surface area contributed by atoms with Gasteiger partial charge in [0.15, 0.2) is 0 Å². The molecule has 1 saturated carbocycles. The molecular weight excluding hydrogens is 270 g/mol. The summed E-state index contributed by atoms with van der Waals surface area (Å²) in [7, 11) is 1.72. The summed E-state index contributed by atoms with van der Waals surface area (Å²) in [5, 5.41) is 3.68. The van der Waals surface area contributed by atoms with Gasteiger partial charge in [-0.05, 0) is 67.5 Å². The second-order valence-corrected chi connectivity index (χ2v) is 6.37. The smallest absolute Gasteiger partial charge is 0.119 e. The Morgan fingerprint density at radius 3 is 2.77 bits per heavy atom. The van der Waals surface area contributed by atoms with Crippen molar-refractivity contribution in [3.8, 4) is 5.75 Å². The Kier molecular flexibility index (Phi) is 4.49. The third-order valence-electron chi connectivity index (χ3n) is 4.79. The lowest BCUT2D eigenvalue weighted by Gasteiger charge is -2.15. The summed E-state index contributed by atoms with van der Waals surface area (Å²) in [6.07, 6.45) is 1.31. The van der Waals surface area contributed by atoms with E-state index in [4.69, 9.17) is 4.74 Å². The van der Waals surface area contributed by atoms with Crippen LogP contribution in [-0.2, 0) is 0 Å². The summed E-state index contributed by atoms with van der Waals surface area (Å²) >= 11 is 0. The van der Waals surface area contributed by atoms with Crippen LogP contribution in [0.5, 0.6) is 5.75 Å². The van der Waals surface area contributed by atoms with Gasteiger partial charge in [-0.3, -0.25) is 0 Å². The van der Waals surface area contributed by atoms with Gasteiger partial charge >= 0.3 is 0 Å². The lowest BCUT2D eigenvalue weighted by atomic mass is 10.0. The molecule has 2 nitrogen and oxygen atoms in total. The summed E-state index contributed by atoms with van der Waals surface area (Å²) < 4.78 is 5.30. The van der Waals surface area contributed by atoms with Crippen LogP contribution in [0.15, 0.2) is 48.5 Å². The molecule has 0 bridgehead atoms. The standard InChI is InChI=1S/C20H25NO/c1-14-7-4-5-10-19(14)20-12-17(20)13-21-15(2)16-8-6-9-18(11-16)22-3/h4-11,15,17,20-21H,12-13H2,1-3H3/t15-,17?,20?/m1/s1. The van der Waals surface area contributed by atoms with E-state index in [-0.39, 0.29) is 0 Å². The van der Waals surface area contributed by atoms with Gasteiger partial charge in [0.1, 0.15) is 5.75 Å². The highest BCUT2D eigenvalue weighted by molar-refractivity contribution is 5.34. The van der Waals surface area contributed by atoms with Crippen molar-refractivity contribution in [2.45, 2.75) is 32.2 Å². The third kappa shape index (κ3) is 3.33. The van der Waals surface area contributed by atoms with Crippen molar-refractivity contribution >= 4 is 0 Å². The van der Waals surface area contributed by atoms with Crippen LogP contribution in [0, 0.1) is 12.8 Å². The van der Waals surface area contributed by atoms with Crippen molar-refractivity contribution < 1.29 is 4.74 Å². The van der Waals surface area contributed by atoms with Gasteiger partial charge in [-0.1, -0.05) is 36.4 Å². The first-order chi connectivity index (χ1) is 10.7. The molecule has 3 atom stereocenters. The van der Waals surface area contributed by atoms with Gasteiger partial charge in [0.25, 0.3) is 0 Å². The van der Waals surface area contributed by atoms with Crippen molar-refractivity contribution in [1.29, 1.82) is 0 Å². The zero-order valence-corrected chi connectivity index (χ0v) is 13.7. The average Bonchev–Trinajstić information content (AvgIpc) is 3.32. The van der Waals surface area contributed by atoms with Gasteiger partial charge in [0, 0.05) is 6.04 Å². The maximum atomic E-state index is 5.30. The molecule has 3 rings (SSSR count). The molecule has 1 fully saturated rings. The highest BCUT2D eigenvalue weighted by Gasteiger charge is 2.38. The van der Waals surface area contributed by atoms with E-state index >= 15 is 0 Å². The normalized spacial score (nSPS) is 21.4. The molecule has 0 saturated heterocycles. The number of benzene rings is 2. The van der Waals surface area contributed by atoms with Crippen molar-refractivity contribution in [1.82, 2.24) is 5.32 Å². The Morgan fingerprint density at radius 2 is 2.00 bits per heavy atom. The predicted octanol–water partition coefficient (Wildman–Crippen LogP) is 4.46. The Hall–Kier alpha value is -1.80. The second-order valence-electron chi connectivity index (χ2n) is 6.37. The van der Waals surface area contributed by atoms with E-state index in [1.165, 1.54) is 23.1 Å². The molecule has 2 aromatic carbocycles. The van der Waals surface area contributed by atoms with Crippen LogP contribution >= 0.6 is 0 Å². The van der Waals surface area contributed by atoms with Gasteiger partial charge in [-0.25, -0.2) is 0 Å². The topological polar surface area (TPSA) is 21.3 Å². The number of hydrogen-bond donors (Lipinski definition) is 1. The Morgan fingerprint density at radius 1 is 1.18 bits per heavy atom. The summed E-state index contributed by atoms with van der Waals surface area (Å²) in [6, 6.07) is 17.5. The fourth-order valence-corrected chi connectivity index (χ4v) is 3.21. The van der Waals surface area contributed by atoms with E-state index in [1.54, 1.807) is 7.11 Å². The third-order valence-corrected chi connectivity index (χ3v) is 4.79. The number of rotatable bonds is 6. The molecule has 1 aliphatic rings. The number of aryl methyl sites for hydroxylation is 1. The van der Waals surface area contributed by atoms with Gasteiger partial charge in [0.05, 0.1) is 7.11 Å². The maximum Gasteiger partial charge on any atom is 0.119 e. The zero-order valence-electron chi connectivity index (χ0n) is 13.7. The van der Waals surface area contributed by atoms with Gasteiger partial charge in [0.2, 0.25) is 0 Å². The fraction of sp³-hybridized carbons (Fsp3) is 0.400. The lowest BCUT2D eigenvalue weighted by molar-refractivity contribution is 0.413. The van der Waals surface area contributed by atoms with Gasteiger partial charge in [-0.15, -0.1) is 0 Å². The molecule has 1 aliphatic carbocycles. The first kappa shape index (κ1) is 15.1. The van der Waals surface area contributed by atoms with Crippen LogP contribution < -0.4 is 10.1 Å². The molecule has 2 aromatic rings. The Labute approximate surface area is 133 Å². The molecular formula is C20H25NO. The van der Waals surface area contributed by atoms with Crippen LogP contribution in [0.3, 0.4) is 0 Å². The molecule has 2 unspecified atom stereocenters. The van der Waals surface area contributed by atoms with Gasteiger partial charge in [-0.2, -0.15) is 0 Å². The van der Waals surface area contributed by atoms with Crippen LogP contribution in [-0.4, -0.2) is 13.7 Å². The summed E-state index contributed by atoms with van der Waals surface area (Å²) in [5.41, 5.74) is 4.24. The molecule has 0 aliphatic heterocycles. The van der Waals surface area contributed by atoms with Crippen LogP contribution in [0.2, 0.25) is 0 Å². The number of nitrogens with one attached hydrogen (secondary N) is 1. The van der Waals surface area contributed by atoms with Crippen molar-refractivity contribution in [3.05, 3.63) is 65.2 Å². The first-order valence-electron chi connectivity index (χ1n) is 8.12. The van der Waals surface area contributed by atoms with Crippen LogP contribution in [0.1, 0.15) is 42.0 Å². The number of ether oxygens (including phenoxy) is 1. The lowest BCUT2D eigenvalue weighted by Crippen LogP contribution is -2.21. The van der Waals surface area contributed by atoms with Gasteiger partial charge < -0.3 is 10.1 Å². The predicted molar refractivity (Wildman–Crippen MR) is 91.4 cm³/mol. The number of methoxy groups -OCH3 is 1. The van der Waals surface area contributed by atoms with Crippen molar-refractivity contribution in [3.63, 3.8) is 0 Å². The largest absolute Gasteiger partial charge is 0.497 e. The SMILES string of the molecule is COc1cccc([C@@H](C)NCC2CC2c2ccccc2C)c1. The van der Waals surface area contributed by atoms with E-state index in [9.17, 15) is 0 Å². The van der Waals surface area contributed by atoms with Crippen LogP contribution in [0.4, 0.5) is 0 Å².